The summed E-state index contributed by atoms with van der Waals surface area (Å²) in [6.07, 6.45) is 1.07. The summed E-state index contributed by atoms with van der Waals surface area (Å²) in [7, 11) is 0. The second kappa shape index (κ2) is 8.80. The minimum absolute atomic E-state index is 0.164. The molecule has 0 spiro atoms. The van der Waals surface area contributed by atoms with Crippen molar-refractivity contribution < 1.29 is 9.53 Å². The normalized spacial score (nSPS) is 10.1. The average molecular weight is 268 g/mol. The molecule has 0 aliphatic heterocycles. The molecule has 100 valence electrons. The summed E-state index contributed by atoms with van der Waals surface area (Å²) in [6.45, 7) is 5.29. The lowest BCUT2D eigenvalue weighted by atomic mass is 10.3. The quantitative estimate of drug-likeness (QED) is 0.735. The fraction of sp³-hybridized carbons (Fsp3) is 0.538. The van der Waals surface area contributed by atoms with Crippen molar-refractivity contribution in [1.29, 1.82) is 0 Å². The molecule has 0 amide bonds. The summed E-state index contributed by atoms with van der Waals surface area (Å²) < 4.78 is 4.86. The van der Waals surface area contributed by atoms with Crippen LogP contribution >= 0.6 is 11.8 Å². The number of hydrogen-bond donors (Lipinski definition) is 1. The van der Waals surface area contributed by atoms with E-state index in [-0.39, 0.29) is 5.97 Å². The Morgan fingerprint density at radius 2 is 2.28 bits per heavy atom. The summed E-state index contributed by atoms with van der Waals surface area (Å²) in [5, 5.41) is 3.24. The molecule has 0 saturated carbocycles. The van der Waals surface area contributed by atoms with Gasteiger partial charge in [0.2, 0.25) is 0 Å². The second-order valence-electron chi connectivity index (χ2n) is 3.74. The van der Waals surface area contributed by atoms with Crippen LogP contribution in [-0.2, 0) is 15.3 Å². The van der Waals surface area contributed by atoms with E-state index >= 15 is 0 Å². The summed E-state index contributed by atoms with van der Waals surface area (Å²) in [6, 6.07) is 5.90. The third-order valence-electron chi connectivity index (χ3n) is 2.14. The van der Waals surface area contributed by atoms with E-state index < -0.39 is 0 Å². The monoisotopic (exact) mass is 268 g/mol. The number of nitrogens with one attached hydrogen (secondary N) is 1. The number of rotatable bonds is 8. The molecule has 0 aliphatic carbocycles. The SMILES string of the molecule is CCCNc1cccc(CSCC(=O)OCC)n1. The molecule has 1 aromatic rings. The van der Waals surface area contributed by atoms with Crippen LogP contribution in [0.3, 0.4) is 0 Å². The number of thioether (sulfide) groups is 1. The van der Waals surface area contributed by atoms with Crippen molar-refractivity contribution in [2.24, 2.45) is 0 Å². The molecule has 0 fully saturated rings. The van der Waals surface area contributed by atoms with Gasteiger partial charge in [-0.15, -0.1) is 11.8 Å². The fourth-order valence-corrected chi connectivity index (χ4v) is 2.08. The highest BCUT2D eigenvalue weighted by atomic mass is 32.2. The first-order valence-electron chi connectivity index (χ1n) is 6.19. The lowest BCUT2D eigenvalue weighted by molar-refractivity contribution is -0.139. The number of hydrogen-bond acceptors (Lipinski definition) is 5. The predicted molar refractivity (Wildman–Crippen MR) is 75.8 cm³/mol. The van der Waals surface area contributed by atoms with E-state index in [1.54, 1.807) is 0 Å². The number of carbonyl (C=O) groups excluding carboxylic acids is 1. The number of anilines is 1. The van der Waals surface area contributed by atoms with Crippen molar-refractivity contribution in [3.63, 3.8) is 0 Å². The fourth-order valence-electron chi connectivity index (χ4n) is 1.35. The van der Waals surface area contributed by atoms with Crippen molar-refractivity contribution in [3.05, 3.63) is 23.9 Å². The zero-order chi connectivity index (χ0) is 13.2. The Labute approximate surface area is 113 Å². The number of pyridine rings is 1. The zero-order valence-corrected chi connectivity index (χ0v) is 11.8. The first-order valence-corrected chi connectivity index (χ1v) is 7.35. The number of nitrogens with zero attached hydrogens (tertiary/aromatic N) is 1. The van der Waals surface area contributed by atoms with Gasteiger partial charge in [-0.3, -0.25) is 4.79 Å². The van der Waals surface area contributed by atoms with Crippen LogP contribution in [0.2, 0.25) is 0 Å². The molecular weight excluding hydrogens is 248 g/mol. The molecule has 0 saturated heterocycles. The minimum atomic E-state index is -0.164. The molecule has 1 aromatic heterocycles. The highest BCUT2D eigenvalue weighted by Gasteiger charge is 2.03. The van der Waals surface area contributed by atoms with E-state index in [0.29, 0.717) is 12.4 Å². The standard InChI is InChI=1S/C13H20N2O2S/c1-3-8-14-12-7-5-6-11(15-12)9-18-10-13(16)17-4-2/h5-7H,3-4,8-10H2,1-2H3,(H,14,15). The molecule has 4 nitrogen and oxygen atoms in total. The maximum atomic E-state index is 11.2. The Morgan fingerprint density at radius 3 is 3.00 bits per heavy atom. The summed E-state index contributed by atoms with van der Waals surface area (Å²) in [5.41, 5.74) is 0.977. The molecule has 0 radical (unpaired) electrons. The molecule has 0 aromatic carbocycles. The van der Waals surface area contributed by atoms with Gasteiger partial charge in [0.15, 0.2) is 0 Å². The minimum Gasteiger partial charge on any atom is -0.465 e. The lowest BCUT2D eigenvalue weighted by Gasteiger charge is -2.06. The predicted octanol–water partition coefficient (Wildman–Crippen LogP) is 2.70. The van der Waals surface area contributed by atoms with Gasteiger partial charge >= 0.3 is 5.97 Å². The molecule has 0 atom stereocenters. The van der Waals surface area contributed by atoms with Gasteiger partial charge in [-0.2, -0.15) is 0 Å². The highest BCUT2D eigenvalue weighted by Crippen LogP contribution is 2.12. The van der Waals surface area contributed by atoms with E-state index in [1.165, 1.54) is 11.8 Å². The van der Waals surface area contributed by atoms with E-state index in [4.69, 9.17) is 4.74 Å². The smallest absolute Gasteiger partial charge is 0.315 e. The molecule has 1 N–H and O–H groups in total. The van der Waals surface area contributed by atoms with Crippen molar-refractivity contribution in [3.8, 4) is 0 Å². The van der Waals surface area contributed by atoms with E-state index in [0.717, 1.165) is 30.2 Å². The van der Waals surface area contributed by atoms with Gasteiger partial charge in [0, 0.05) is 12.3 Å². The Bertz CT molecular complexity index is 372. The Morgan fingerprint density at radius 1 is 1.44 bits per heavy atom. The zero-order valence-electron chi connectivity index (χ0n) is 10.9. The van der Waals surface area contributed by atoms with Gasteiger partial charge in [-0.05, 0) is 25.5 Å². The molecule has 0 bridgehead atoms. The molecular formula is C13H20N2O2S. The molecule has 18 heavy (non-hydrogen) atoms. The second-order valence-corrected chi connectivity index (χ2v) is 4.72. The van der Waals surface area contributed by atoms with E-state index in [2.05, 4.69) is 17.2 Å². The van der Waals surface area contributed by atoms with Crippen molar-refractivity contribution in [2.45, 2.75) is 26.0 Å². The van der Waals surface area contributed by atoms with Gasteiger partial charge in [0.1, 0.15) is 5.82 Å². The maximum Gasteiger partial charge on any atom is 0.315 e. The topological polar surface area (TPSA) is 51.2 Å². The van der Waals surface area contributed by atoms with Crippen molar-refractivity contribution in [2.75, 3.05) is 24.2 Å². The lowest BCUT2D eigenvalue weighted by Crippen LogP contribution is -2.07. The van der Waals surface area contributed by atoms with Crippen LogP contribution < -0.4 is 5.32 Å². The first-order chi connectivity index (χ1) is 8.76. The number of ether oxygens (including phenoxy) is 1. The van der Waals surface area contributed by atoms with Gasteiger partial charge in [-0.25, -0.2) is 4.98 Å². The van der Waals surface area contributed by atoms with Crippen molar-refractivity contribution in [1.82, 2.24) is 4.98 Å². The van der Waals surface area contributed by atoms with Gasteiger partial charge in [-0.1, -0.05) is 13.0 Å². The molecule has 5 heteroatoms. The van der Waals surface area contributed by atoms with Crippen LogP contribution in [0, 0.1) is 0 Å². The third kappa shape index (κ3) is 5.91. The molecule has 0 unspecified atom stereocenters. The van der Waals surface area contributed by atoms with Gasteiger partial charge in [0.25, 0.3) is 0 Å². The van der Waals surface area contributed by atoms with Crippen LogP contribution in [0.25, 0.3) is 0 Å². The van der Waals surface area contributed by atoms with E-state index in [1.807, 2.05) is 25.1 Å². The van der Waals surface area contributed by atoms with Gasteiger partial charge in [0.05, 0.1) is 18.1 Å². The average Bonchev–Trinajstić information content (AvgIpc) is 2.37. The molecule has 1 rings (SSSR count). The Balaban J connectivity index is 2.35. The number of aromatic nitrogens is 1. The third-order valence-corrected chi connectivity index (χ3v) is 3.08. The maximum absolute atomic E-state index is 11.2. The Hall–Kier alpha value is -1.23. The summed E-state index contributed by atoms with van der Waals surface area (Å²) >= 11 is 1.52. The first kappa shape index (κ1) is 14.8. The van der Waals surface area contributed by atoms with Crippen LogP contribution in [-0.4, -0.2) is 29.9 Å². The Kier molecular flexibility index (Phi) is 7.25. The van der Waals surface area contributed by atoms with E-state index in [9.17, 15) is 4.79 Å². The van der Waals surface area contributed by atoms with Crippen molar-refractivity contribution >= 4 is 23.5 Å². The summed E-state index contributed by atoms with van der Waals surface area (Å²) in [5.74, 6) is 1.83. The highest BCUT2D eigenvalue weighted by molar-refractivity contribution is 7.99. The summed E-state index contributed by atoms with van der Waals surface area (Å²) in [4.78, 5) is 15.6. The van der Waals surface area contributed by atoms with Crippen LogP contribution in [0.4, 0.5) is 5.82 Å². The largest absolute Gasteiger partial charge is 0.465 e. The molecule has 1 heterocycles. The van der Waals surface area contributed by atoms with Crippen LogP contribution in [0.1, 0.15) is 26.0 Å². The van der Waals surface area contributed by atoms with Gasteiger partial charge < -0.3 is 10.1 Å². The van der Waals surface area contributed by atoms with Crippen LogP contribution in [0.15, 0.2) is 18.2 Å². The van der Waals surface area contributed by atoms with Crippen LogP contribution in [0.5, 0.6) is 0 Å². The number of esters is 1. The molecule has 0 aliphatic rings. The number of carbonyl (C=O) groups is 1.